The summed E-state index contributed by atoms with van der Waals surface area (Å²) >= 11 is 0. The van der Waals surface area contributed by atoms with Gasteiger partial charge in [-0.05, 0) is 56.2 Å². The van der Waals surface area contributed by atoms with E-state index < -0.39 is 0 Å². The average Bonchev–Trinajstić information content (AvgIpc) is 3.12. The van der Waals surface area contributed by atoms with Gasteiger partial charge < -0.3 is 9.47 Å². The number of aromatic nitrogens is 2. The molecule has 0 radical (unpaired) electrons. The molecule has 3 rings (SSSR count). The molecule has 5 nitrogen and oxygen atoms in total. The van der Waals surface area contributed by atoms with Gasteiger partial charge in [0.25, 0.3) is 0 Å². The molecule has 0 aliphatic heterocycles. The zero-order valence-electron chi connectivity index (χ0n) is 17.3. The van der Waals surface area contributed by atoms with Crippen molar-refractivity contribution in [3.05, 3.63) is 82.7 Å². The summed E-state index contributed by atoms with van der Waals surface area (Å²) in [6.45, 7) is 7.05. The number of hydrogen-bond acceptors (Lipinski definition) is 4. The van der Waals surface area contributed by atoms with Crippen molar-refractivity contribution in [2.45, 2.75) is 33.9 Å². The minimum atomic E-state index is -0.0595. The molecule has 1 heterocycles. The van der Waals surface area contributed by atoms with Crippen molar-refractivity contribution in [3.8, 4) is 11.5 Å². The van der Waals surface area contributed by atoms with E-state index in [1.807, 2.05) is 74.0 Å². The smallest absolute Gasteiger partial charge is 0.189 e. The standard InChI is InChI=1S/C24H26N2O3/c1-5-26-18(3)21(15-25-26)22(27)12-10-19-11-13-24(28-4)20(14-19)16-29-23-9-7-6-8-17(23)2/h6-15H,5,16H2,1-4H3/b12-10+. The third-order valence-electron chi connectivity index (χ3n) is 4.88. The van der Waals surface area contributed by atoms with Crippen LogP contribution in [0.3, 0.4) is 0 Å². The molecule has 0 aliphatic carbocycles. The van der Waals surface area contributed by atoms with E-state index in [1.165, 1.54) is 0 Å². The van der Waals surface area contributed by atoms with Gasteiger partial charge in [-0.15, -0.1) is 0 Å². The number of carbonyl (C=O) groups excluding carboxylic acids is 1. The second-order valence-electron chi connectivity index (χ2n) is 6.78. The SMILES string of the molecule is CCn1ncc(C(=O)/C=C/c2ccc(OC)c(COc3ccccc3C)c2)c1C. The first-order valence-corrected chi connectivity index (χ1v) is 9.63. The van der Waals surface area contributed by atoms with Gasteiger partial charge in [0, 0.05) is 17.8 Å². The number of ether oxygens (including phenoxy) is 2. The van der Waals surface area contributed by atoms with E-state index in [0.717, 1.165) is 40.4 Å². The lowest BCUT2D eigenvalue weighted by Crippen LogP contribution is -2.02. The van der Waals surface area contributed by atoms with Crippen LogP contribution in [-0.4, -0.2) is 22.7 Å². The molecule has 29 heavy (non-hydrogen) atoms. The molecule has 0 amide bonds. The molecule has 3 aromatic rings. The fraction of sp³-hybridized carbons (Fsp3) is 0.250. The van der Waals surface area contributed by atoms with Crippen molar-refractivity contribution in [1.29, 1.82) is 0 Å². The quantitative estimate of drug-likeness (QED) is 0.401. The van der Waals surface area contributed by atoms with E-state index in [1.54, 1.807) is 19.4 Å². The van der Waals surface area contributed by atoms with Crippen LogP contribution in [0.2, 0.25) is 0 Å². The summed E-state index contributed by atoms with van der Waals surface area (Å²) in [5, 5.41) is 4.24. The van der Waals surface area contributed by atoms with Gasteiger partial charge in [0.1, 0.15) is 18.1 Å². The minimum Gasteiger partial charge on any atom is -0.496 e. The predicted octanol–water partition coefficient (Wildman–Crippen LogP) is 5.00. The van der Waals surface area contributed by atoms with Crippen LogP contribution in [0.25, 0.3) is 6.08 Å². The number of benzene rings is 2. The maximum absolute atomic E-state index is 12.5. The number of aryl methyl sites for hydroxylation is 2. The Morgan fingerprint density at radius 2 is 1.93 bits per heavy atom. The number of para-hydroxylation sites is 1. The molecule has 0 saturated carbocycles. The van der Waals surface area contributed by atoms with Crippen molar-refractivity contribution in [3.63, 3.8) is 0 Å². The monoisotopic (exact) mass is 390 g/mol. The van der Waals surface area contributed by atoms with Crippen LogP contribution in [-0.2, 0) is 13.2 Å². The van der Waals surface area contributed by atoms with Crippen LogP contribution >= 0.6 is 0 Å². The lowest BCUT2D eigenvalue weighted by atomic mass is 10.1. The molecule has 0 aliphatic rings. The van der Waals surface area contributed by atoms with E-state index in [2.05, 4.69) is 5.10 Å². The minimum absolute atomic E-state index is 0.0595. The van der Waals surface area contributed by atoms with Gasteiger partial charge >= 0.3 is 0 Å². The van der Waals surface area contributed by atoms with Gasteiger partial charge in [-0.1, -0.05) is 30.3 Å². The Hall–Kier alpha value is -3.34. The largest absolute Gasteiger partial charge is 0.496 e. The summed E-state index contributed by atoms with van der Waals surface area (Å²) < 4.78 is 13.2. The van der Waals surface area contributed by atoms with Crippen molar-refractivity contribution >= 4 is 11.9 Å². The Morgan fingerprint density at radius 1 is 1.14 bits per heavy atom. The molecule has 0 atom stereocenters. The van der Waals surface area contributed by atoms with Crippen molar-refractivity contribution < 1.29 is 14.3 Å². The Kier molecular flexibility index (Phi) is 6.50. The van der Waals surface area contributed by atoms with Gasteiger partial charge in [0.2, 0.25) is 0 Å². The normalized spacial score (nSPS) is 11.0. The second-order valence-corrected chi connectivity index (χ2v) is 6.78. The highest BCUT2D eigenvalue weighted by atomic mass is 16.5. The van der Waals surface area contributed by atoms with E-state index in [0.29, 0.717) is 12.2 Å². The number of hydrogen-bond donors (Lipinski definition) is 0. The van der Waals surface area contributed by atoms with Crippen molar-refractivity contribution in [1.82, 2.24) is 9.78 Å². The first-order valence-electron chi connectivity index (χ1n) is 9.63. The van der Waals surface area contributed by atoms with E-state index in [9.17, 15) is 4.79 Å². The maximum Gasteiger partial charge on any atom is 0.189 e. The van der Waals surface area contributed by atoms with E-state index >= 15 is 0 Å². The average molecular weight is 390 g/mol. The zero-order chi connectivity index (χ0) is 20.8. The summed E-state index contributed by atoms with van der Waals surface area (Å²) in [4.78, 5) is 12.5. The Bertz CT molecular complexity index is 1030. The molecule has 0 unspecified atom stereocenters. The van der Waals surface area contributed by atoms with Crippen LogP contribution in [0.5, 0.6) is 11.5 Å². The van der Waals surface area contributed by atoms with Crippen molar-refractivity contribution in [2.75, 3.05) is 7.11 Å². The second kappa shape index (κ2) is 9.24. The highest BCUT2D eigenvalue weighted by Gasteiger charge is 2.11. The zero-order valence-corrected chi connectivity index (χ0v) is 17.3. The van der Waals surface area contributed by atoms with Gasteiger partial charge in [0.05, 0.1) is 18.9 Å². The molecular weight excluding hydrogens is 364 g/mol. The number of methoxy groups -OCH3 is 1. The van der Waals surface area contributed by atoms with Crippen LogP contribution in [0.1, 0.15) is 39.7 Å². The topological polar surface area (TPSA) is 53.4 Å². The molecule has 150 valence electrons. The summed E-state index contributed by atoms with van der Waals surface area (Å²) in [5.74, 6) is 1.53. The first kappa shape index (κ1) is 20.4. The highest BCUT2D eigenvalue weighted by Crippen LogP contribution is 2.24. The fourth-order valence-electron chi connectivity index (χ4n) is 3.16. The third-order valence-corrected chi connectivity index (χ3v) is 4.88. The number of nitrogens with zero attached hydrogens (tertiary/aromatic N) is 2. The van der Waals surface area contributed by atoms with Gasteiger partial charge in [0.15, 0.2) is 5.78 Å². The first-order chi connectivity index (χ1) is 14.0. The lowest BCUT2D eigenvalue weighted by Gasteiger charge is -2.12. The maximum atomic E-state index is 12.5. The van der Waals surface area contributed by atoms with Gasteiger partial charge in [-0.25, -0.2) is 0 Å². The van der Waals surface area contributed by atoms with Crippen LogP contribution < -0.4 is 9.47 Å². The number of rotatable bonds is 8. The van der Waals surface area contributed by atoms with Gasteiger partial charge in [-0.3, -0.25) is 9.48 Å². The summed E-state index contributed by atoms with van der Waals surface area (Å²) in [7, 11) is 1.64. The van der Waals surface area contributed by atoms with Gasteiger partial charge in [-0.2, -0.15) is 5.10 Å². The molecule has 0 saturated heterocycles. The molecule has 2 aromatic carbocycles. The van der Waals surface area contributed by atoms with E-state index in [-0.39, 0.29) is 5.78 Å². The number of allylic oxidation sites excluding steroid dienone is 1. The van der Waals surface area contributed by atoms with E-state index in [4.69, 9.17) is 9.47 Å². The summed E-state index contributed by atoms with van der Waals surface area (Å²) in [6, 6.07) is 13.7. The predicted molar refractivity (Wildman–Crippen MR) is 115 cm³/mol. The summed E-state index contributed by atoms with van der Waals surface area (Å²) in [5.41, 5.74) is 4.41. The molecule has 0 spiro atoms. The Balaban J connectivity index is 1.77. The number of carbonyl (C=O) groups is 1. The third kappa shape index (κ3) is 4.74. The molecule has 0 bridgehead atoms. The summed E-state index contributed by atoms with van der Waals surface area (Å²) in [6.07, 6.45) is 5.01. The molecular formula is C24H26N2O3. The molecule has 0 fully saturated rings. The highest BCUT2D eigenvalue weighted by molar-refractivity contribution is 6.07. The Morgan fingerprint density at radius 3 is 2.62 bits per heavy atom. The van der Waals surface area contributed by atoms with Crippen molar-refractivity contribution in [2.24, 2.45) is 0 Å². The van der Waals surface area contributed by atoms with Crippen LogP contribution in [0.15, 0.2) is 54.7 Å². The molecule has 5 heteroatoms. The molecule has 1 aromatic heterocycles. The number of ketones is 1. The van der Waals surface area contributed by atoms with Crippen LogP contribution in [0.4, 0.5) is 0 Å². The molecule has 0 N–H and O–H groups in total. The lowest BCUT2D eigenvalue weighted by molar-refractivity contribution is 0.104. The Labute approximate surface area is 171 Å². The fourth-order valence-corrected chi connectivity index (χ4v) is 3.16. The van der Waals surface area contributed by atoms with Crippen LogP contribution in [0, 0.1) is 13.8 Å².